The van der Waals surface area contributed by atoms with Gasteiger partial charge in [-0.1, -0.05) is 36.4 Å². The maximum atomic E-state index is 12.1. The molecule has 0 aliphatic carbocycles. The van der Waals surface area contributed by atoms with Gasteiger partial charge in [0, 0.05) is 31.3 Å². The molecule has 0 fully saturated rings. The predicted molar refractivity (Wildman–Crippen MR) is 106 cm³/mol. The number of ether oxygens (including phenoxy) is 4. The molecule has 2 aromatic carbocycles. The number of terminal acetylenes is 2. The van der Waals surface area contributed by atoms with E-state index in [-0.39, 0.29) is 22.6 Å². The highest BCUT2D eigenvalue weighted by Crippen LogP contribution is 2.44. The fraction of sp³-hybridized carbons (Fsp3) is 0.130. The Balaban J connectivity index is 2.94. The summed E-state index contributed by atoms with van der Waals surface area (Å²) >= 11 is 0. The van der Waals surface area contributed by atoms with Gasteiger partial charge < -0.3 is 18.9 Å². The molecule has 8 nitrogen and oxygen atoms in total. The third-order valence-electron chi connectivity index (χ3n) is 3.70. The second-order valence-electron chi connectivity index (χ2n) is 5.87. The zero-order valence-electron chi connectivity index (χ0n) is 16.5. The Morgan fingerprint density at radius 3 is 1.81 bits per heavy atom. The second kappa shape index (κ2) is 9.77. The fourth-order valence-electron chi connectivity index (χ4n) is 2.64. The monoisotopic (exact) mass is 420 g/mol. The Hall–Kier alpha value is -4.56. The van der Waals surface area contributed by atoms with E-state index in [2.05, 4.69) is 0 Å². The van der Waals surface area contributed by atoms with Crippen molar-refractivity contribution in [2.45, 2.75) is 19.6 Å². The van der Waals surface area contributed by atoms with Crippen LogP contribution in [0.1, 0.15) is 25.0 Å². The van der Waals surface area contributed by atoms with Crippen LogP contribution >= 0.6 is 0 Å². The molecule has 156 valence electrons. The van der Waals surface area contributed by atoms with E-state index in [1.54, 1.807) is 30.0 Å². The average Bonchev–Trinajstić information content (AvgIpc) is 2.74. The highest BCUT2D eigenvalue weighted by molar-refractivity contribution is 5.90. The number of carbonyl (C=O) groups excluding carboxylic acids is 4. The third-order valence-corrected chi connectivity index (χ3v) is 3.70. The molecule has 31 heavy (non-hydrogen) atoms. The first-order chi connectivity index (χ1) is 14.7. The summed E-state index contributed by atoms with van der Waals surface area (Å²) < 4.78 is 21.1. The Morgan fingerprint density at radius 2 is 1.32 bits per heavy atom. The first-order valence-electron chi connectivity index (χ1n) is 8.68. The van der Waals surface area contributed by atoms with Gasteiger partial charge in [-0.05, 0) is 12.1 Å². The molecule has 0 saturated heterocycles. The van der Waals surface area contributed by atoms with Crippen LogP contribution in [0.25, 0.3) is 0 Å². The summed E-state index contributed by atoms with van der Waals surface area (Å²) in [6.07, 6.45) is 10.3. The predicted octanol–water partition coefficient (Wildman–Crippen LogP) is 2.09. The van der Waals surface area contributed by atoms with Crippen molar-refractivity contribution in [3.05, 3.63) is 59.7 Å². The normalized spacial score (nSPS) is 10.1. The fourth-order valence-corrected chi connectivity index (χ4v) is 2.64. The Kier molecular flexibility index (Phi) is 7.16. The van der Waals surface area contributed by atoms with Gasteiger partial charge in [0.15, 0.2) is 11.5 Å². The lowest BCUT2D eigenvalue weighted by Gasteiger charge is -2.33. The van der Waals surface area contributed by atoms with Crippen LogP contribution in [-0.4, -0.2) is 23.9 Å². The minimum Gasteiger partial charge on any atom is -0.423 e. The molecule has 0 aliphatic rings. The molecule has 0 aromatic heterocycles. The van der Waals surface area contributed by atoms with Gasteiger partial charge in [0.2, 0.25) is 0 Å². The van der Waals surface area contributed by atoms with Gasteiger partial charge in [-0.25, -0.2) is 9.59 Å². The molecule has 0 saturated carbocycles. The van der Waals surface area contributed by atoms with E-state index in [0.717, 1.165) is 13.8 Å². The van der Waals surface area contributed by atoms with Crippen LogP contribution in [0.15, 0.2) is 48.5 Å². The zero-order chi connectivity index (χ0) is 23.0. The molecule has 2 rings (SSSR count). The van der Waals surface area contributed by atoms with E-state index in [0.29, 0.717) is 0 Å². The van der Waals surface area contributed by atoms with Gasteiger partial charge in [-0.15, -0.1) is 12.8 Å². The summed E-state index contributed by atoms with van der Waals surface area (Å²) in [5.74, 6) is -3.33. The van der Waals surface area contributed by atoms with Crippen LogP contribution in [0.4, 0.5) is 0 Å². The molecule has 0 spiro atoms. The molecule has 0 radical (unpaired) electrons. The van der Waals surface area contributed by atoms with E-state index in [9.17, 15) is 19.2 Å². The highest BCUT2D eigenvalue weighted by atomic mass is 16.7. The molecule has 0 N–H and O–H groups in total. The van der Waals surface area contributed by atoms with Crippen molar-refractivity contribution >= 4 is 23.9 Å². The van der Waals surface area contributed by atoms with E-state index in [1.165, 1.54) is 30.3 Å². The van der Waals surface area contributed by atoms with E-state index < -0.39 is 29.7 Å². The van der Waals surface area contributed by atoms with E-state index in [1.807, 2.05) is 0 Å². The molecule has 0 atom stereocenters. The second-order valence-corrected chi connectivity index (χ2v) is 5.87. The quantitative estimate of drug-likeness (QED) is 0.230. The van der Waals surface area contributed by atoms with Crippen molar-refractivity contribution in [3.8, 4) is 36.2 Å². The first kappa shape index (κ1) is 22.7. The number of benzene rings is 2. The molecule has 0 unspecified atom stereocenters. The van der Waals surface area contributed by atoms with Gasteiger partial charge in [-0.2, -0.15) is 0 Å². The van der Waals surface area contributed by atoms with Crippen molar-refractivity contribution in [1.82, 2.24) is 0 Å². The van der Waals surface area contributed by atoms with Crippen molar-refractivity contribution in [2.75, 3.05) is 0 Å². The largest absolute Gasteiger partial charge is 0.423 e. The van der Waals surface area contributed by atoms with Gasteiger partial charge in [0.1, 0.15) is 0 Å². The van der Waals surface area contributed by atoms with Crippen LogP contribution in [0.3, 0.4) is 0 Å². The maximum absolute atomic E-state index is 12.1. The Labute approximate surface area is 178 Å². The number of carbonyl (C=O) groups is 4. The van der Waals surface area contributed by atoms with Gasteiger partial charge in [0.25, 0.3) is 0 Å². The van der Waals surface area contributed by atoms with Crippen LogP contribution in [0.2, 0.25) is 0 Å². The molecular formula is C23H16O8. The SMILES string of the molecule is C#CC(=O)OC(OC(=O)C#C)(c1ccccc1)c1cccc(OC(C)=O)c1OC(C)=O. The summed E-state index contributed by atoms with van der Waals surface area (Å²) in [6.45, 7) is 2.23. The summed E-state index contributed by atoms with van der Waals surface area (Å²) in [4.78, 5) is 47.6. The lowest BCUT2D eigenvalue weighted by Crippen LogP contribution is -2.39. The Morgan fingerprint density at radius 1 is 0.774 bits per heavy atom. The molecule has 2 aromatic rings. The van der Waals surface area contributed by atoms with Crippen LogP contribution in [0, 0.1) is 24.7 Å². The minimum atomic E-state index is -2.37. The van der Waals surface area contributed by atoms with Crippen molar-refractivity contribution in [3.63, 3.8) is 0 Å². The molecule has 0 bridgehead atoms. The molecular weight excluding hydrogens is 404 g/mol. The smallest absolute Gasteiger partial charge is 0.387 e. The lowest BCUT2D eigenvalue weighted by molar-refractivity contribution is -0.211. The summed E-state index contributed by atoms with van der Waals surface area (Å²) in [5.41, 5.74) is -0.0737. The zero-order valence-corrected chi connectivity index (χ0v) is 16.5. The third kappa shape index (κ3) is 5.28. The topological polar surface area (TPSA) is 105 Å². The number of esters is 4. The standard InChI is InChI=1S/C23H16O8/c1-5-20(26)30-23(31-21(27)6-2,17-11-8-7-9-12-17)18-13-10-14-19(28-15(3)24)22(18)29-16(4)25/h1-2,7-14H,3-4H3. The van der Waals surface area contributed by atoms with E-state index >= 15 is 0 Å². The first-order valence-corrected chi connectivity index (χ1v) is 8.68. The number of rotatable bonds is 6. The summed E-state index contributed by atoms with van der Waals surface area (Å²) in [5, 5.41) is 0. The van der Waals surface area contributed by atoms with Crippen molar-refractivity contribution in [2.24, 2.45) is 0 Å². The van der Waals surface area contributed by atoms with E-state index in [4.69, 9.17) is 31.8 Å². The minimum absolute atomic E-state index is 0.107. The molecule has 0 heterocycles. The van der Waals surface area contributed by atoms with Gasteiger partial charge in [0.05, 0.1) is 5.56 Å². The number of para-hydroxylation sites is 1. The van der Waals surface area contributed by atoms with Crippen LogP contribution < -0.4 is 9.47 Å². The molecule has 8 heteroatoms. The van der Waals surface area contributed by atoms with Crippen molar-refractivity contribution in [1.29, 1.82) is 0 Å². The van der Waals surface area contributed by atoms with Crippen molar-refractivity contribution < 1.29 is 38.1 Å². The maximum Gasteiger partial charge on any atom is 0.387 e. The van der Waals surface area contributed by atoms with Gasteiger partial charge in [-0.3, -0.25) is 9.59 Å². The average molecular weight is 420 g/mol. The number of hydrogen-bond acceptors (Lipinski definition) is 8. The summed E-state index contributed by atoms with van der Waals surface area (Å²) in [7, 11) is 0. The molecule has 0 aliphatic heterocycles. The Bertz CT molecular complexity index is 1070. The summed E-state index contributed by atoms with van der Waals surface area (Å²) in [6, 6.07) is 11.8. The molecule has 0 amide bonds. The lowest BCUT2D eigenvalue weighted by atomic mass is 9.95. The van der Waals surface area contributed by atoms with Gasteiger partial charge >= 0.3 is 29.7 Å². The number of hydrogen-bond donors (Lipinski definition) is 0. The highest BCUT2D eigenvalue weighted by Gasteiger charge is 2.46. The van der Waals surface area contributed by atoms with Crippen LogP contribution in [0.5, 0.6) is 11.5 Å². The van der Waals surface area contributed by atoms with Crippen LogP contribution in [-0.2, 0) is 34.4 Å².